The van der Waals surface area contributed by atoms with Gasteiger partial charge in [-0.2, -0.15) is 0 Å². The maximum absolute atomic E-state index is 12.0. The Morgan fingerprint density at radius 1 is 1.29 bits per heavy atom. The fourth-order valence-electron chi connectivity index (χ4n) is 1.09. The molecule has 0 heterocycles. The number of hydrogen-bond acceptors (Lipinski definition) is 1. The minimum Gasteiger partial charge on any atom is -0.324 e. The molecular weight excluding hydrogens is 231 g/mol. The molecule has 0 fully saturated rings. The molecule has 1 nitrogen and oxygen atoms in total. The van der Waals surface area contributed by atoms with Crippen molar-refractivity contribution >= 4 is 24.0 Å². The zero-order valence-corrected chi connectivity index (χ0v) is 8.86. The molecule has 1 aromatic rings. The van der Waals surface area contributed by atoms with Crippen molar-refractivity contribution in [2.24, 2.45) is 5.73 Å². The number of hydrogen-bond donors (Lipinski definition) is 1. The molecule has 0 aromatic heterocycles. The molecule has 0 amide bonds. The molecule has 80 valence electrons. The predicted molar refractivity (Wildman–Crippen MR) is 56.2 cm³/mol. The van der Waals surface area contributed by atoms with Gasteiger partial charge in [-0.3, -0.25) is 0 Å². The Bertz CT molecular complexity index is 281. The second-order valence-electron chi connectivity index (χ2n) is 2.75. The molecule has 14 heavy (non-hydrogen) atoms. The van der Waals surface area contributed by atoms with Gasteiger partial charge in [0.15, 0.2) is 0 Å². The molecule has 0 bridgehead atoms. The highest BCUT2D eigenvalue weighted by Crippen LogP contribution is 2.24. The topological polar surface area (TPSA) is 26.0 Å². The molecular formula is C9H11Cl2F2N. The van der Waals surface area contributed by atoms with E-state index >= 15 is 0 Å². The van der Waals surface area contributed by atoms with Crippen molar-refractivity contribution in [3.05, 3.63) is 34.9 Å². The quantitative estimate of drug-likeness (QED) is 0.863. The van der Waals surface area contributed by atoms with Crippen LogP contribution in [0.3, 0.4) is 0 Å². The summed E-state index contributed by atoms with van der Waals surface area (Å²) in [4.78, 5) is 0. The highest BCUT2D eigenvalue weighted by Gasteiger charge is 2.14. The molecule has 1 aromatic carbocycles. The molecule has 1 atom stereocenters. The van der Waals surface area contributed by atoms with E-state index in [-0.39, 0.29) is 18.8 Å². The van der Waals surface area contributed by atoms with Gasteiger partial charge < -0.3 is 5.73 Å². The Balaban J connectivity index is 0.00000169. The van der Waals surface area contributed by atoms with Crippen LogP contribution in [0.2, 0.25) is 5.02 Å². The Labute approximate surface area is 92.7 Å². The number of nitrogens with two attached hydrogens (primary N) is 1. The molecule has 5 heteroatoms. The third kappa shape index (κ3) is 3.78. The fraction of sp³-hybridized carbons (Fsp3) is 0.333. The summed E-state index contributed by atoms with van der Waals surface area (Å²) in [7, 11) is 0. The first-order valence-electron chi connectivity index (χ1n) is 3.89. The molecule has 0 aliphatic carbocycles. The summed E-state index contributed by atoms with van der Waals surface area (Å²) in [6.07, 6.45) is -2.75. The van der Waals surface area contributed by atoms with E-state index in [1.165, 1.54) is 0 Å². The molecule has 0 saturated heterocycles. The third-order valence-electron chi connectivity index (χ3n) is 1.74. The number of alkyl halides is 2. The average molecular weight is 242 g/mol. The van der Waals surface area contributed by atoms with Gasteiger partial charge in [-0.15, -0.1) is 12.4 Å². The van der Waals surface area contributed by atoms with E-state index in [4.69, 9.17) is 17.3 Å². The van der Waals surface area contributed by atoms with E-state index in [0.717, 1.165) is 0 Å². The fourth-order valence-corrected chi connectivity index (χ4v) is 1.37. The second-order valence-corrected chi connectivity index (χ2v) is 3.16. The van der Waals surface area contributed by atoms with Crippen LogP contribution in [0.4, 0.5) is 8.78 Å². The zero-order chi connectivity index (χ0) is 9.84. The largest absolute Gasteiger partial charge is 0.324 e. The van der Waals surface area contributed by atoms with E-state index in [9.17, 15) is 8.78 Å². The van der Waals surface area contributed by atoms with Crippen LogP contribution in [0.25, 0.3) is 0 Å². The van der Waals surface area contributed by atoms with E-state index in [0.29, 0.717) is 10.6 Å². The predicted octanol–water partition coefficient (Wildman–Crippen LogP) is 3.42. The van der Waals surface area contributed by atoms with E-state index < -0.39 is 12.5 Å². The van der Waals surface area contributed by atoms with Crippen LogP contribution in [0.15, 0.2) is 24.3 Å². The van der Waals surface area contributed by atoms with Gasteiger partial charge in [0.05, 0.1) is 0 Å². The molecule has 2 N–H and O–H groups in total. The lowest BCUT2D eigenvalue weighted by molar-refractivity contribution is 0.128. The van der Waals surface area contributed by atoms with E-state index in [1.807, 2.05) is 0 Å². The molecule has 0 unspecified atom stereocenters. The van der Waals surface area contributed by atoms with Crippen LogP contribution in [0.1, 0.15) is 18.0 Å². The minimum atomic E-state index is -2.40. The molecule has 0 spiro atoms. The van der Waals surface area contributed by atoms with E-state index in [1.54, 1.807) is 24.3 Å². The second kappa shape index (κ2) is 6.17. The molecule has 0 saturated carbocycles. The number of rotatable bonds is 3. The van der Waals surface area contributed by atoms with Gasteiger partial charge in [-0.25, -0.2) is 8.78 Å². The average Bonchev–Trinajstić information content (AvgIpc) is 2.03. The summed E-state index contributed by atoms with van der Waals surface area (Å²) >= 11 is 5.78. The van der Waals surface area contributed by atoms with Gasteiger partial charge >= 0.3 is 0 Å². The van der Waals surface area contributed by atoms with Crippen molar-refractivity contribution in [1.82, 2.24) is 0 Å². The Hall–Kier alpha value is -0.380. The minimum absolute atomic E-state index is 0. The van der Waals surface area contributed by atoms with Crippen molar-refractivity contribution in [1.29, 1.82) is 0 Å². The van der Waals surface area contributed by atoms with Crippen molar-refractivity contribution in [3.63, 3.8) is 0 Å². The van der Waals surface area contributed by atoms with Crippen LogP contribution in [0, 0.1) is 0 Å². The van der Waals surface area contributed by atoms with E-state index in [2.05, 4.69) is 0 Å². The van der Waals surface area contributed by atoms with Gasteiger partial charge in [0.1, 0.15) is 0 Å². The van der Waals surface area contributed by atoms with Crippen LogP contribution >= 0.6 is 24.0 Å². The van der Waals surface area contributed by atoms with Crippen molar-refractivity contribution in [2.75, 3.05) is 0 Å². The maximum Gasteiger partial charge on any atom is 0.240 e. The lowest BCUT2D eigenvalue weighted by Gasteiger charge is -2.12. The number of halogens is 4. The maximum atomic E-state index is 12.0. The van der Waals surface area contributed by atoms with Crippen molar-refractivity contribution < 1.29 is 8.78 Å². The van der Waals surface area contributed by atoms with Gasteiger partial charge in [0.25, 0.3) is 0 Å². The molecule has 0 radical (unpaired) electrons. The van der Waals surface area contributed by atoms with Gasteiger partial charge in [-0.05, 0) is 11.6 Å². The Morgan fingerprint density at radius 3 is 2.36 bits per heavy atom. The van der Waals surface area contributed by atoms with Crippen molar-refractivity contribution in [3.8, 4) is 0 Å². The molecule has 0 aliphatic rings. The summed E-state index contributed by atoms with van der Waals surface area (Å²) in [5.74, 6) is 0. The van der Waals surface area contributed by atoms with Gasteiger partial charge in [-0.1, -0.05) is 29.8 Å². The van der Waals surface area contributed by atoms with Gasteiger partial charge in [0.2, 0.25) is 6.43 Å². The smallest absolute Gasteiger partial charge is 0.240 e. The van der Waals surface area contributed by atoms with Crippen LogP contribution < -0.4 is 5.73 Å². The van der Waals surface area contributed by atoms with Crippen LogP contribution in [0.5, 0.6) is 0 Å². The first-order valence-corrected chi connectivity index (χ1v) is 4.27. The molecule has 0 aliphatic heterocycles. The summed E-state index contributed by atoms with van der Waals surface area (Å²) in [6, 6.07) is 6.08. The summed E-state index contributed by atoms with van der Waals surface area (Å²) in [5.41, 5.74) is 6.11. The van der Waals surface area contributed by atoms with Crippen LogP contribution in [-0.2, 0) is 0 Å². The highest BCUT2D eigenvalue weighted by atomic mass is 35.5. The summed E-state index contributed by atoms with van der Waals surface area (Å²) in [5, 5.41) is 0.440. The Morgan fingerprint density at radius 2 is 1.86 bits per heavy atom. The lowest BCUT2D eigenvalue weighted by Crippen LogP contribution is -2.14. The zero-order valence-electron chi connectivity index (χ0n) is 7.29. The highest BCUT2D eigenvalue weighted by molar-refractivity contribution is 6.31. The van der Waals surface area contributed by atoms with Crippen LogP contribution in [-0.4, -0.2) is 6.43 Å². The van der Waals surface area contributed by atoms with Gasteiger partial charge in [0, 0.05) is 17.5 Å². The third-order valence-corrected chi connectivity index (χ3v) is 2.08. The lowest BCUT2D eigenvalue weighted by atomic mass is 10.1. The first kappa shape index (κ1) is 13.6. The monoisotopic (exact) mass is 241 g/mol. The van der Waals surface area contributed by atoms with Crippen molar-refractivity contribution in [2.45, 2.75) is 18.9 Å². The summed E-state index contributed by atoms with van der Waals surface area (Å²) < 4.78 is 24.0. The first-order chi connectivity index (χ1) is 6.11. The number of benzene rings is 1. The summed E-state index contributed by atoms with van der Waals surface area (Å²) in [6.45, 7) is 0. The Kier molecular flexibility index (Phi) is 6.00. The normalized spacial score (nSPS) is 12.4. The SMILES string of the molecule is Cl.N[C@@H](CC(F)F)c1ccccc1Cl. The molecule has 1 rings (SSSR count). The standard InChI is InChI=1S/C9H10ClF2N.ClH/c10-7-4-2-1-3-6(7)8(13)5-9(11)12;/h1-4,8-9H,5,13H2;1H/t8-;/m0./s1.